The highest BCUT2D eigenvalue weighted by Gasteiger charge is 2.17. The molecule has 4 heteroatoms. The third-order valence-electron chi connectivity index (χ3n) is 1.83. The van der Waals surface area contributed by atoms with E-state index in [1.54, 1.807) is 11.3 Å². The van der Waals surface area contributed by atoms with Crippen LogP contribution in [0.25, 0.3) is 0 Å². The van der Waals surface area contributed by atoms with E-state index in [2.05, 4.69) is 0 Å². The fourth-order valence-corrected chi connectivity index (χ4v) is 1.70. The van der Waals surface area contributed by atoms with Crippen molar-refractivity contribution in [2.24, 2.45) is 0 Å². The summed E-state index contributed by atoms with van der Waals surface area (Å²) in [4.78, 5) is 0. The van der Waals surface area contributed by atoms with E-state index in [0.717, 1.165) is 9.80 Å². The standard InChI is InChI=1S/C11H17NO2S/c1-9-7-10(15-8-9)14-6-5-12(13)11(2,3)4/h5,7-8H,6H2,1-4H3. The van der Waals surface area contributed by atoms with E-state index >= 15 is 0 Å². The van der Waals surface area contributed by atoms with Crippen LogP contribution in [0.15, 0.2) is 11.4 Å². The van der Waals surface area contributed by atoms with Crippen LogP contribution in [0.3, 0.4) is 0 Å². The maximum atomic E-state index is 11.4. The first-order valence-corrected chi connectivity index (χ1v) is 5.75. The second kappa shape index (κ2) is 4.66. The summed E-state index contributed by atoms with van der Waals surface area (Å²) in [5.74, 6) is 0. The summed E-state index contributed by atoms with van der Waals surface area (Å²) in [5.41, 5.74) is 0.791. The van der Waals surface area contributed by atoms with Crippen LogP contribution >= 0.6 is 11.3 Å². The SMILES string of the molecule is Cc1csc(OCC=[N+]([O-])C(C)(C)C)c1. The van der Waals surface area contributed by atoms with Crippen LogP contribution in [0.2, 0.25) is 0 Å². The minimum Gasteiger partial charge on any atom is -0.624 e. The van der Waals surface area contributed by atoms with Crippen LogP contribution in [0.4, 0.5) is 0 Å². The fraction of sp³-hybridized carbons (Fsp3) is 0.545. The molecule has 0 unspecified atom stereocenters. The van der Waals surface area contributed by atoms with Gasteiger partial charge in [0.25, 0.3) is 0 Å². The van der Waals surface area contributed by atoms with Gasteiger partial charge in [-0.2, -0.15) is 0 Å². The number of ether oxygens (including phenoxy) is 1. The lowest BCUT2D eigenvalue weighted by molar-refractivity contribution is -0.532. The quantitative estimate of drug-likeness (QED) is 0.344. The Bertz CT molecular complexity index is 350. The normalized spacial score (nSPS) is 12.9. The average molecular weight is 227 g/mol. The minimum atomic E-state index is -0.394. The van der Waals surface area contributed by atoms with E-state index in [1.165, 1.54) is 11.8 Å². The van der Waals surface area contributed by atoms with Crippen molar-refractivity contribution in [1.29, 1.82) is 0 Å². The number of thiophene rings is 1. The fourth-order valence-electron chi connectivity index (χ4n) is 0.942. The molecule has 1 aromatic heterocycles. The van der Waals surface area contributed by atoms with E-state index in [9.17, 15) is 5.21 Å². The van der Waals surface area contributed by atoms with E-state index in [1.807, 2.05) is 39.1 Å². The Hall–Kier alpha value is -1.03. The number of hydrogen-bond acceptors (Lipinski definition) is 3. The topological polar surface area (TPSA) is 35.3 Å². The van der Waals surface area contributed by atoms with Crippen molar-refractivity contribution in [2.75, 3.05) is 6.61 Å². The molecule has 1 aromatic rings. The van der Waals surface area contributed by atoms with Crippen molar-refractivity contribution in [3.05, 3.63) is 22.2 Å². The third kappa shape index (κ3) is 3.91. The summed E-state index contributed by atoms with van der Waals surface area (Å²) >= 11 is 1.55. The molecule has 84 valence electrons. The molecule has 0 aliphatic carbocycles. The van der Waals surface area contributed by atoms with Gasteiger partial charge in [0.15, 0.2) is 23.4 Å². The molecule has 0 fully saturated rings. The van der Waals surface area contributed by atoms with Gasteiger partial charge in [-0.1, -0.05) is 0 Å². The molecule has 0 aliphatic heterocycles. The third-order valence-corrected chi connectivity index (χ3v) is 2.79. The summed E-state index contributed by atoms with van der Waals surface area (Å²) in [5, 5.41) is 14.3. The second-order valence-electron chi connectivity index (χ2n) is 4.43. The summed E-state index contributed by atoms with van der Waals surface area (Å²) < 4.78 is 6.34. The predicted octanol–water partition coefficient (Wildman–Crippen LogP) is 2.81. The molecular weight excluding hydrogens is 210 g/mol. The van der Waals surface area contributed by atoms with Crippen LogP contribution in [0.1, 0.15) is 26.3 Å². The Morgan fingerprint density at radius 1 is 1.53 bits per heavy atom. The van der Waals surface area contributed by atoms with Crippen molar-refractivity contribution in [2.45, 2.75) is 33.2 Å². The molecule has 0 aromatic carbocycles. The second-order valence-corrected chi connectivity index (χ2v) is 5.31. The van der Waals surface area contributed by atoms with E-state index in [4.69, 9.17) is 4.74 Å². The van der Waals surface area contributed by atoms with Crippen LogP contribution < -0.4 is 4.74 Å². The lowest BCUT2D eigenvalue weighted by Gasteiger charge is -2.18. The zero-order valence-corrected chi connectivity index (χ0v) is 10.4. The van der Waals surface area contributed by atoms with Gasteiger partial charge in [0, 0.05) is 20.8 Å². The van der Waals surface area contributed by atoms with Gasteiger partial charge < -0.3 is 9.94 Å². The summed E-state index contributed by atoms with van der Waals surface area (Å²) in [6, 6.07) is 1.96. The lowest BCUT2D eigenvalue weighted by atomic mass is 10.1. The number of aryl methyl sites for hydroxylation is 1. The van der Waals surface area contributed by atoms with Crippen molar-refractivity contribution in [3.63, 3.8) is 0 Å². The Morgan fingerprint density at radius 2 is 2.20 bits per heavy atom. The lowest BCUT2D eigenvalue weighted by Crippen LogP contribution is -2.30. The van der Waals surface area contributed by atoms with Crippen molar-refractivity contribution < 1.29 is 9.48 Å². The zero-order valence-electron chi connectivity index (χ0n) is 9.61. The molecule has 0 saturated heterocycles. The van der Waals surface area contributed by atoms with Gasteiger partial charge in [-0.05, 0) is 23.9 Å². The molecular formula is C11H17NO2S. The molecule has 1 rings (SSSR count). The van der Waals surface area contributed by atoms with Crippen molar-refractivity contribution >= 4 is 17.6 Å². The Balaban J connectivity index is 2.45. The van der Waals surface area contributed by atoms with Gasteiger partial charge in [-0.3, -0.25) is 0 Å². The van der Waals surface area contributed by atoms with Gasteiger partial charge in [0.05, 0.1) is 0 Å². The molecule has 3 nitrogen and oxygen atoms in total. The molecule has 0 N–H and O–H groups in total. The van der Waals surface area contributed by atoms with Crippen LogP contribution in [0.5, 0.6) is 5.06 Å². The number of hydroxylamine groups is 1. The average Bonchev–Trinajstić information content (AvgIpc) is 2.49. The van der Waals surface area contributed by atoms with Gasteiger partial charge in [0.2, 0.25) is 0 Å². The Morgan fingerprint density at radius 3 is 2.67 bits per heavy atom. The highest BCUT2D eigenvalue weighted by atomic mass is 32.1. The van der Waals surface area contributed by atoms with E-state index < -0.39 is 5.54 Å². The molecule has 0 aliphatic rings. The first kappa shape index (κ1) is 12.0. The number of rotatable bonds is 3. The van der Waals surface area contributed by atoms with Gasteiger partial charge in [-0.25, -0.2) is 4.74 Å². The highest BCUT2D eigenvalue weighted by molar-refractivity contribution is 7.12. The first-order valence-electron chi connectivity index (χ1n) is 4.87. The van der Waals surface area contributed by atoms with Gasteiger partial charge in [0.1, 0.15) is 0 Å². The summed E-state index contributed by atoms with van der Waals surface area (Å²) in [6.45, 7) is 7.94. The monoisotopic (exact) mass is 227 g/mol. The molecule has 0 saturated carbocycles. The van der Waals surface area contributed by atoms with Crippen molar-refractivity contribution in [1.82, 2.24) is 0 Å². The van der Waals surface area contributed by atoms with Crippen LogP contribution in [-0.2, 0) is 0 Å². The molecule has 0 atom stereocenters. The number of nitrogens with zero attached hydrogens (tertiary/aromatic N) is 1. The highest BCUT2D eigenvalue weighted by Crippen LogP contribution is 2.21. The van der Waals surface area contributed by atoms with Crippen molar-refractivity contribution in [3.8, 4) is 5.06 Å². The maximum absolute atomic E-state index is 11.4. The summed E-state index contributed by atoms with van der Waals surface area (Å²) in [6.07, 6.45) is 1.52. The predicted molar refractivity (Wildman–Crippen MR) is 64.0 cm³/mol. The van der Waals surface area contributed by atoms with E-state index in [-0.39, 0.29) is 0 Å². The maximum Gasteiger partial charge on any atom is 0.189 e. The minimum absolute atomic E-state index is 0.320. The largest absolute Gasteiger partial charge is 0.624 e. The van der Waals surface area contributed by atoms with E-state index in [0.29, 0.717) is 6.61 Å². The molecule has 1 heterocycles. The Labute approximate surface area is 94.6 Å². The first-order chi connectivity index (χ1) is 6.89. The van der Waals surface area contributed by atoms with Gasteiger partial charge in [-0.15, -0.1) is 11.3 Å². The zero-order chi connectivity index (χ0) is 11.5. The smallest absolute Gasteiger partial charge is 0.189 e. The summed E-state index contributed by atoms with van der Waals surface area (Å²) in [7, 11) is 0. The molecule has 0 spiro atoms. The van der Waals surface area contributed by atoms with Crippen LogP contribution in [0, 0.1) is 12.1 Å². The molecule has 0 bridgehead atoms. The van der Waals surface area contributed by atoms with Gasteiger partial charge >= 0.3 is 0 Å². The molecule has 0 amide bonds. The molecule has 0 radical (unpaired) electrons. The Kier molecular flexibility index (Phi) is 3.74. The molecule has 15 heavy (non-hydrogen) atoms. The number of hydrogen-bond donors (Lipinski definition) is 0. The van der Waals surface area contributed by atoms with Crippen LogP contribution in [-0.4, -0.2) is 23.1 Å².